The standard InChI is InChI=1S/C12H16/c1-3-5-7-9-11-12-10-8-6-4-2/h3,5-12H,1,4H2,2H3/b7-5+,8-6+,11-9+,12-10+. The van der Waals surface area contributed by atoms with E-state index >= 15 is 0 Å². The predicted molar refractivity (Wildman–Crippen MR) is 57.0 cm³/mol. The third-order valence-corrected chi connectivity index (χ3v) is 1.17. The fourth-order valence-electron chi connectivity index (χ4n) is 0.614. The molecule has 0 fully saturated rings. The Labute approximate surface area is 75.3 Å². The first-order chi connectivity index (χ1) is 5.91. The lowest BCUT2D eigenvalue weighted by molar-refractivity contribution is 1.22. The Morgan fingerprint density at radius 3 is 1.83 bits per heavy atom. The van der Waals surface area contributed by atoms with Gasteiger partial charge in [0.25, 0.3) is 0 Å². The van der Waals surface area contributed by atoms with E-state index in [1.165, 1.54) is 0 Å². The Morgan fingerprint density at radius 1 is 0.833 bits per heavy atom. The van der Waals surface area contributed by atoms with Gasteiger partial charge in [-0.05, 0) is 6.42 Å². The zero-order valence-electron chi connectivity index (χ0n) is 7.61. The maximum Gasteiger partial charge on any atom is -0.0376 e. The monoisotopic (exact) mass is 160 g/mol. The third kappa shape index (κ3) is 8.70. The van der Waals surface area contributed by atoms with Crippen LogP contribution < -0.4 is 0 Å². The highest BCUT2D eigenvalue weighted by atomic mass is 13.7. The van der Waals surface area contributed by atoms with Gasteiger partial charge in [-0.2, -0.15) is 0 Å². The van der Waals surface area contributed by atoms with E-state index in [0.29, 0.717) is 0 Å². The highest BCUT2D eigenvalue weighted by Crippen LogP contribution is 1.84. The smallest absolute Gasteiger partial charge is 0.0376 e. The molecule has 0 amide bonds. The molecular formula is C12H16. The fraction of sp³-hybridized carbons (Fsp3) is 0.167. The van der Waals surface area contributed by atoms with Crippen LogP contribution in [0.3, 0.4) is 0 Å². The highest BCUT2D eigenvalue weighted by molar-refractivity contribution is 5.16. The van der Waals surface area contributed by atoms with Crippen molar-refractivity contribution in [1.82, 2.24) is 0 Å². The molecule has 0 atom stereocenters. The summed E-state index contributed by atoms with van der Waals surface area (Å²) >= 11 is 0. The van der Waals surface area contributed by atoms with Gasteiger partial charge in [-0.3, -0.25) is 0 Å². The first kappa shape index (κ1) is 10.7. The molecule has 0 aromatic carbocycles. The molecule has 0 aliphatic heterocycles. The van der Waals surface area contributed by atoms with Crippen LogP contribution in [0, 0.1) is 0 Å². The molecule has 0 spiro atoms. The number of hydrogen-bond donors (Lipinski definition) is 0. The van der Waals surface area contributed by atoms with Gasteiger partial charge >= 0.3 is 0 Å². The van der Waals surface area contributed by atoms with Gasteiger partial charge in [0.2, 0.25) is 0 Å². The van der Waals surface area contributed by atoms with E-state index in [9.17, 15) is 0 Å². The van der Waals surface area contributed by atoms with E-state index in [-0.39, 0.29) is 0 Å². The van der Waals surface area contributed by atoms with Gasteiger partial charge in [-0.15, -0.1) is 0 Å². The van der Waals surface area contributed by atoms with Crippen molar-refractivity contribution in [1.29, 1.82) is 0 Å². The zero-order chi connectivity index (χ0) is 9.07. The van der Waals surface area contributed by atoms with Gasteiger partial charge in [0, 0.05) is 0 Å². The number of rotatable bonds is 5. The van der Waals surface area contributed by atoms with Crippen LogP contribution in [-0.4, -0.2) is 0 Å². The average molecular weight is 160 g/mol. The molecule has 0 radical (unpaired) electrons. The molecule has 12 heavy (non-hydrogen) atoms. The van der Waals surface area contributed by atoms with E-state index in [2.05, 4.69) is 19.6 Å². The molecular weight excluding hydrogens is 144 g/mol. The third-order valence-electron chi connectivity index (χ3n) is 1.17. The summed E-state index contributed by atoms with van der Waals surface area (Å²) in [5.41, 5.74) is 0. The molecule has 0 bridgehead atoms. The molecule has 0 heteroatoms. The molecule has 0 heterocycles. The Morgan fingerprint density at radius 2 is 1.33 bits per heavy atom. The minimum absolute atomic E-state index is 1.09. The normalized spacial score (nSPS) is 12.8. The molecule has 0 aliphatic carbocycles. The second-order valence-corrected chi connectivity index (χ2v) is 2.23. The Balaban J connectivity index is 3.58. The first-order valence-corrected chi connectivity index (χ1v) is 4.19. The van der Waals surface area contributed by atoms with Crippen LogP contribution in [-0.2, 0) is 0 Å². The molecule has 64 valence electrons. The van der Waals surface area contributed by atoms with Crippen molar-refractivity contribution >= 4 is 0 Å². The minimum Gasteiger partial charge on any atom is -0.0991 e. The molecule has 0 nitrogen and oxygen atoms in total. The van der Waals surface area contributed by atoms with Crippen molar-refractivity contribution in [2.24, 2.45) is 0 Å². The second-order valence-electron chi connectivity index (χ2n) is 2.23. The maximum absolute atomic E-state index is 3.57. The van der Waals surface area contributed by atoms with Crippen LogP contribution >= 0.6 is 0 Å². The minimum atomic E-state index is 1.09. The second kappa shape index (κ2) is 9.70. The van der Waals surface area contributed by atoms with Gasteiger partial charge in [-0.1, -0.05) is 68.2 Å². The van der Waals surface area contributed by atoms with Gasteiger partial charge in [0.1, 0.15) is 0 Å². The summed E-state index contributed by atoms with van der Waals surface area (Å²) < 4.78 is 0. The van der Waals surface area contributed by atoms with Crippen LogP contribution in [0.15, 0.2) is 61.3 Å². The summed E-state index contributed by atoms with van der Waals surface area (Å²) in [7, 11) is 0. The van der Waals surface area contributed by atoms with Crippen LogP contribution in [0.2, 0.25) is 0 Å². The van der Waals surface area contributed by atoms with Crippen molar-refractivity contribution in [2.75, 3.05) is 0 Å². The summed E-state index contributed by atoms with van der Waals surface area (Å²) in [5.74, 6) is 0. The van der Waals surface area contributed by atoms with Crippen LogP contribution in [0.25, 0.3) is 0 Å². The van der Waals surface area contributed by atoms with Crippen molar-refractivity contribution in [2.45, 2.75) is 13.3 Å². The molecule has 0 rings (SSSR count). The van der Waals surface area contributed by atoms with Gasteiger partial charge in [-0.25, -0.2) is 0 Å². The molecule has 0 unspecified atom stereocenters. The van der Waals surface area contributed by atoms with E-state index in [1.54, 1.807) is 6.08 Å². The van der Waals surface area contributed by atoms with Gasteiger partial charge in [0.15, 0.2) is 0 Å². The lowest BCUT2D eigenvalue weighted by Crippen LogP contribution is -1.52. The summed E-state index contributed by atoms with van der Waals surface area (Å²) in [6.45, 7) is 5.69. The lowest BCUT2D eigenvalue weighted by Gasteiger charge is -1.74. The quantitative estimate of drug-likeness (QED) is 0.536. The van der Waals surface area contributed by atoms with Crippen LogP contribution in [0.1, 0.15) is 13.3 Å². The molecule has 0 N–H and O–H groups in total. The van der Waals surface area contributed by atoms with Crippen molar-refractivity contribution < 1.29 is 0 Å². The number of allylic oxidation sites excluding steroid dienone is 9. The largest absolute Gasteiger partial charge is 0.0991 e. The molecule has 0 saturated carbocycles. The summed E-state index contributed by atoms with van der Waals surface area (Å²) in [5, 5.41) is 0. The predicted octanol–water partition coefficient (Wildman–Crippen LogP) is 3.81. The lowest BCUT2D eigenvalue weighted by atomic mass is 10.3. The van der Waals surface area contributed by atoms with Crippen molar-refractivity contribution in [3.05, 3.63) is 61.3 Å². The van der Waals surface area contributed by atoms with E-state index < -0.39 is 0 Å². The fourth-order valence-corrected chi connectivity index (χ4v) is 0.614. The Hall–Kier alpha value is -1.30. The number of hydrogen-bond acceptors (Lipinski definition) is 0. The molecule has 0 aromatic rings. The summed E-state index contributed by atoms with van der Waals surface area (Å²) in [4.78, 5) is 0. The average Bonchev–Trinajstić information content (AvgIpc) is 2.10. The highest BCUT2D eigenvalue weighted by Gasteiger charge is 1.62. The molecule has 0 aliphatic rings. The molecule has 0 saturated heterocycles. The zero-order valence-corrected chi connectivity index (χ0v) is 7.61. The Bertz CT molecular complexity index is 202. The Kier molecular flexibility index (Phi) is 8.65. The summed E-state index contributed by atoms with van der Waals surface area (Å²) in [6.07, 6.45) is 18.8. The van der Waals surface area contributed by atoms with E-state index in [1.807, 2.05) is 42.5 Å². The first-order valence-electron chi connectivity index (χ1n) is 4.19. The van der Waals surface area contributed by atoms with Crippen molar-refractivity contribution in [3.8, 4) is 0 Å². The van der Waals surface area contributed by atoms with Crippen LogP contribution in [0.5, 0.6) is 0 Å². The topological polar surface area (TPSA) is 0 Å². The van der Waals surface area contributed by atoms with E-state index in [0.717, 1.165) is 6.42 Å². The maximum atomic E-state index is 3.57. The van der Waals surface area contributed by atoms with Crippen molar-refractivity contribution in [3.63, 3.8) is 0 Å². The van der Waals surface area contributed by atoms with Gasteiger partial charge in [0.05, 0.1) is 0 Å². The van der Waals surface area contributed by atoms with E-state index in [4.69, 9.17) is 0 Å². The van der Waals surface area contributed by atoms with Gasteiger partial charge < -0.3 is 0 Å². The molecule has 0 aromatic heterocycles. The SMILES string of the molecule is C=C/C=C/C=C/C=C/C=C/CC. The van der Waals surface area contributed by atoms with Crippen LogP contribution in [0.4, 0.5) is 0 Å². The summed E-state index contributed by atoms with van der Waals surface area (Å²) in [6, 6.07) is 0.